The summed E-state index contributed by atoms with van der Waals surface area (Å²) in [5.74, 6) is 0.663. The molecule has 1 aromatic carbocycles. The molecule has 1 heterocycles. The Hall–Kier alpha value is -2.60. The summed E-state index contributed by atoms with van der Waals surface area (Å²) in [4.78, 5) is 28.8. The molecule has 0 spiro atoms. The summed E-state index contributed by atoms with van der Waals surface area (Å²) in [7, 11) is 1.65. The average molecular weight is 371 g/mol. The number of piperazine rings is 1. The summed E-state index contributed by atoms with van der Waals surface area (Å²) in [6.45, 7) is 12.2. The molecule has 27 heavy (non-hydrogen) atoms. The number of hydrogen-bond acceptors (Lipinski definition) is 4. The van der Waals surface area contributed by atoms with E-state index in [4.69, 9.17) is 4.74 Å². The molecule has 1 aromatic rings. The molecule has 0 aliphatic carbocycles. The van der Waals surface area contributed by atoms with Crippen molar-refractivity contribution >= 4 is 11.8 Å². The minimum Gasteiger partial charge on any atom is -0.496 e. The highest BCUT2D eigenvalue weighted by Crippen LogP contribution is 2.21. The smallest absolute Gasteiger partial charge is 0.237 e. The maximum absolute atomic E-state index is 12.7. The predicted octanol–water partition coefficient (Wildman–Crippen LogP) is 1.89. The molecule has 146 valence electrons. The van der Waals surface area contributed by atoms with E-state index in [2.05, 4.69) is 29.4 Å². The maximum atomic E-state index is 12.7. The minimum atomic E-state index is -0.481. The Morgan fingerprint density at radius 1 is 1.37 bits per heavy atom. The molecule has 2 rings (SSSR count). The molecule has 2 amide bonds. The van der Waals surface area contributed by atoms with Crippen molar-refractivity contribution in [1.29, 1.82) is 0 Å². The lowest BCUT2D eigenvalue weighted by Crippen LogP contribution is -2.56. The zero-order chi connectivity index (χ0) is 19.8. The molecule has 0 radical (unpaired) electrons. The Balaban J connectivity index is 2.12. The summed E-state index contributed by atoms with van der Waals surface area (Å²) >= 11 is 0. The van der Waals surface area contributed by atoms with Gasteiger partial charge in [-0.1, -0.05) is 24.3 Å². The van der Waals surface area contributed by atoms with Gasteiger partial charge in [0.2, 0.25) is 11.8 Å². The third-order valence-corrected chi connectivity index (χ3v) is 4.71. The SMILES string of the molecule is C=CCN(CC=C)C(=O)CC1C(=O)NCCN1Cc1ccc(OC)c(C)c1. The van der Waals surface area contributed by atoms with Crippen molar-refractivity contribution in [3.63, 3.8) is 0 Å². The van der Waals surface area contributed by atoms with Gasteiger partial charge in [-0.3, -0.25) is 14.5 Å². The van der Waals surface area contributed by atoms with Gasteiger partial charge >= 0.3 is 0 Å². The summed E-state index contributed by atoms with van der Waals surface area (Å²) in [5.41, 5.74) is 2.14. The summed E-state index contributed by atoms with van der Waals surface area (Å²) in [6, 6.07) is 5.51. The van der Waals surface area contributed by atoms with Crippen LogP contribution in [-0.4, -0.2) is 60.9 Å². The molecule has 0 bridgehead atoms. The van der Waals surface area contributed by atoms with Gasteiger partial charge in [0.15, 0.2) is 0 Å². The largest absolute Gasteiger partial charge is 0.496 e. The zero-order valence-corrected chi connectivity index (χ0v) is 16.2. The molecule has 1 unspecified atom stereocenters. The summed E-state index contributed by atoms with van der Waals surface area (Å²) < 4.78 is 5.31. The van der Waals surface area contributed by atoms with E-state index < -0.39 is 6.04 Å². The predicted molar refractivity (Wildman–Crippen MR) is 107 cm³/mol. The average Bonchev–Trinajstić information content (AvgIpc) is 2.64. The highest BCUT2D eigenvalue weighted by Gasteiger charge is 2.32. The molecule has 0 aromatic heterocycles. The number of nitrogens with zero attached hydrogens (tertiary/aromatic N) is 2. The second kappa shape index (κ2) is 9.92. The number of nitrogens with one attached hydrogen (secondary N) is 1. The van der Waals surface area contributed by atoms with Crippen molar-refractivity contribution < 1.29 is 14.3 Å². The first-order valence-electron chi connectivity index (χ1n) is 9.15. The Labute approximate surface area is 161 Å². The number of amides is 2. The molecule has 1 aliphatic heterocycles. The molecule has 6 heteroatoms. The van der Waals surface area contributed by atoms with Crippen LogP contribution in [-0.2, 0) is 16.1 Å². The van der Waals surface area contributed by atoms with Crippen LogP contribution < -0.4 is 10.1 Å². The highest BCUT2D eigenvalue weighted by molar-refractivity contribution is 5.89. The van der Waals surface area contributed by atoms with Crippen LogP contribution >= 0.6 is 0 Å². The van der Waals surface area contributed by atoms with Crippen LogP contribution in [0.2, 0.25) is 0 Å². The van der Waals surface area contributed by atoms with E-state index in [9.17, 15) is 9.59 Å². The van der Waals surface area contributed by atoms with Crippen molar-refractivity contribution in [3.8, 4) is 5.75 Å². The van der Waals surface area contributed by atoms with Crippen molar-refractivity contribution in [2.75, 3.05) is 33.3 Å². The first kappa shape index (κ1) is 20.7. The van der Waals surface area contributed by atoms with Crippen LogP contribution in [0.3, 0.4) is 0 Å². The van der Waals surface area contributed by atoms with E-state index in [1.54, 1.807) is 24.2 Å². The number of ether oxygens (including phenoxy) is 1. The molecular weight excluding hydrogens is 342 g/mol. The standard InChI is InChI=1S/C21H29N3O3/c1-5-10-23(11-6-2)20(25)14-18-21(26)22-9-12-24(18)15-17-7-8-19(27-4)16(3)13-17/h5-8,13,18H,1-2,9-12,14-15H2,3-4H3,(H,22,26). The fraction of sp³-hybridized carbons (Fsp3) is 0.429. The molecular formula is C21H29N3O3. The zero-order valence-electron chi connectivity index (χ0n) is 16.2. The Kier molecular flexibility index (Phi) is 7.61. The number of aryl methyl sites for hydroxylation is 1. The van der Waals surface area contributed by atoms with Crippen molar-refractivity contribution in [2.45, 2.75) is 25.9 Å². The Morgan fingerprint density at radius 2 is 2.07 bits per heavy atom. The lowest BCUT2D eigenvalue weighted by atomic mass is 10.0. The van der Waals surface area contributed by atoms with Crippen LogP contribution in [0, 0.1) is 6.92 Å². The second-order valence-corrected chi connectivity index (χ2v) is 6.66. The summed E-state index contributed by atoms with van der Waals surface area (Å²) in [6.07, 6.45) is 3.50. The summed E-state index contributed by atoms with van der Waals surface area (Å²) in [5, 5.41) is 2.87. The van der Waals surface area contributed by atoms with E-state index in [-0.39, 0.29) is 18.2 Å². The number of rotatable bonds is 9. The maximum Gasteiger partial charge on any atom is 0.237 e. The monoisotopic (exact) mass is 371 g/mol. The van der Waals surface area contributed by atoms with Gasteiger partial charge in [0.25, 0.3) is 0 Å². The lowest BCUT2D eigenvalue weighted by Gasteiger charge is -2.35. The van der Waals surface area contributed by atoms with Crippen molar-refractivity contribution in [1.82, 2.24) is 15.1 Å². The van der Waals surface area contributed by atoms with Crippen LogP contribution in [0.5, 0.6) is 5.75 Å². The van der Waals surface area contributed by atoms with Gasteiger partial charge in [0.05, 0.1) is 19.6 Å². The van der Waals surface area contributed by atoms with Crippen LogP contribution in [0.4, 0.5) is 0 Å². The van der Waals surface area contributed by atoms with Crippen LogP contribution in [0.25, 0.3) is 0 Å². The number of carbonyl (C=O) groups excluding carboxylic acids is 2. The van der Waals surface area contributed by atoms with Gasteiger partial charge in [-0.2, -0.15) is 0 Å². The molecule has 1 N–H and O–H groups in total. The normalized spacial score (nSPS) is 17.1. The van der Waals surface area contributed by atoms with E-state index in [0.717, 1.165) is 16.9 Å². The van der Waals surface area contributed by atoms with Gasteiger partial charge in [-0.25, -0.2) is 0 Å². The van der Waals surface area contributed by atoms with Gasteiger partial charge in [-0.15, -0.1) is 13.2 Å². The van der Waals surface area contributed by atoms with Crippen LogP contribution in [0.1, 0.15) is 17.5 Å². The molecule has 6 nitrogen and oxygen atoms in total. The first-order valence-corrected chi connectivity index (χ1v) is 9.15. The van der Waals surface area contributed by atoms with Gasteiger partial charge in [0, 0.05) is 32.7 Å². The quantitative estimate of drug-likeness (QED) is 0.674. The third kappa shape index (κ3) is 5.44. The minimum absolute atomic E-state index is 0.0761. The Morgan fingerprint density at radius 3 is 2.67 bits per heavy atom. The number of hydrogen-bond donors (Lipinski definition) is 1. The fourth-order valence-corrected chi connectivity index (χ4v) is 3.33. The van der Waals surface area contributed by atoms with Gasteiger partial charge in [0.1, 0.15) is 5.75 Å². The van der Waals surface area contributed by atoms with Gasteiger partial charge in [-0.05, 0) is 24.1 Å². The Bertz CT molecular complexity index is 692. The van der Waals surface area contributed by atoms with Crippen molar-refractivity contribution in [3.05, 3.63) is 54.6 Å². The third-order valence-electron chi connectivity index (χ3n) is 4.71. The molecule has 1 fully saturated rings. The molecule has 1 atom stereocenters. The van der Waals surface area contributed by atoms with Gasteiger partial charge < -0.3 is 15.0 Å². The second-order valence-electron chi connectivity index (χ2n) is 6.66. The van der Waals surface area contributed by atoms with E-state index in [1.807, 2.05) is 19.1 Å². The van der Waals surface area contributed by atoms with E-state index in [0.29, 0.717) is 32.7 Å². The first-order chi connectivity index (χ1) is 13.0. The highest BCUT2D eigenvalue weighted by atomic mass is 16.5. The van der Waals surface area contributed by atoms with Crippen molar-refractivity contribution in [2.24, 2.45) is 0 Å². The van der Waals surface area contributed by atoms with E-state index in [1.165, 1.54) is 0 Å². The fourth-order valence-electron chi connectivity index (χ4n) is 3.33. The molecule has 0 saturated carbocycles. The number of carbonyl (C=O) groups is 2. The molecule has 1 aliphatic rings. The molecule has 1 saturated heterocycles. The number of benzene rings is 1. The van der Waals surface area contributed by atoms with Crippen LogP contribution in [0.15, 0.2) is 43.5 Å². The van der Waals surface area contributed by atoms with E-state index >= 15 is 0 Å². The number of methoxy groups -OCH3 is 1. The topological polar surface area (TPSA) is 61.9 Å². The lowest BCUT2D eigenvalue weighted by molar-refractivity contribution is -0.138.